The van der Waals surface area contributed by atoms with Crippen LogP contribution in [-0.2, 0) is 17.6 Å². The molecule has 0 radical (unpaired) electrons. The number of rotatable bonds is 4. The van der Waals surface area contributed by atoms with Gasteiger partial charge in [0.05, 0.1) is 12.8 Å². The van der Waals surface area contributed by atoms with E-state index in [1.807, 2.05) is 18.2 Å². The Bertz CT molecular complexity index is 534. The van der Waals surface area contributed by atoms with E-state index in [0.717, 1.165) is 11.1 Å². The van der Waals surface area contributed by atoms with Crippen LogP contribution in [0.25, 0.3) is 0 Å². The third-order valence-electron chi connectivity index (χ3n) is 2.27. The molecule has 5 heteroatoms. The van der Waals surface area contributed by atoms with Gasteiger partial charge in [-0.05, 0) is 11.1 Å². The van der Waals surface area contributed by atoms with Gasteiger partial charge in [0.2, 0.25) is 11.8 Å². The van der Waals surface area contributed by atoms with Gasteiger partial charge in [0.25, 0.3) is 0 Å². The Morgan fingerprint density at radius 3 is 2.76 bits per heavy atom. The topological polar surface area (TPSA) is 76.2 Å². The average Bonchev–Trinajstić information content (AvgIpc) is 2.63. The van der Waals surface area contributed by atoms with Crippen LogP contribution in [0.15, 0.2) is 28.7 Å². The Labute approximate surface area is 98.1 Å². The lowest BCUT2D eigenvalue weighted by Crippen LogP contribution is -2.00. The number of aromatic nitrogens is 2. The number of hydrogen-bond acceptors (Lipinski definition) is 4. The molecule has 17 heavy (non-hydrogen) atoms. The van der Waals surface area contributed by atoms with E-state index < -0.39 is 5.97 Å². The van der Waals surface area contributed by atoms with Crippen molar-refractivity contribution in [1.29, 1.82) is 0 Å². The van der Waals surface area contributed by atoms with E-state index in [-0.39, 0.29) is 6.42 Å². The lowest BCUT2D eigenvalue weighted by atomic mass is 10.1. The molecule has 0 aliphatic rings. The molecule has 2 rings (SSSR count). The van der Waals surface area contributed by atoms with Gasteiger partial charge >= 0.3 is 5.97 Å². The summed E-state index contributed by atoms with van der Waals surface area (Å²) in [5.41, 5.74) is 1.73. The first kappa shape index (κ1) is 11.3. The third kappa shape index (κ3) is 3.14. The van der Waals surface area contributed by atoms with Crippen molar-refractivity contribution >= 4 is 5.97 Å². The molecule has 5 nitrogen and oxygen atoms in total. The van der Waals surface area contributed by atoms with Crippen LogP contribution < -0.4 is 0 Å². The van der Waals surface area contributed by atoms with Crippen LogP contribution >= 0.6 is 0 Å². The van der Waals surface area contributed by atoms with Crippen LogP contribution in [0.2, 0.25) is 0 Å². The van der Waals surface area contributed by atoms with Crippen molar-refractivity contribution < 1.29 is 14.3 Å². The summed E-state index contributed by atoms with van der Waals surface area (Å²) in [6, 6.07) is 7.37. The minimum atomic E-state index is -0.837. The SMILES string of the molecule is Cc1nnc(Cc2cccc(CC(=O)O)c2)o1. The predicted molar refractivity (Wildman–Crippen MR) is 59.6 cm³/mol. The minimum absolute atomic E-state index is 0.0245. The zero-order chi connectivity index (χ0) is 12.3. The molecule has 1 aromatic heterocycles. The average molecular weight is 232 g/mol. The first-order valence-corrected chi connectivity index (χ1v) is 5.22. The van der Waals surface area contributed by atoms with Crippen LogP contribution in [-0.4, -0.2) is 21.3 Å². The molecule has 0 fully saturated rings. The first-order valence-electron chi connectivity index (χ1n) is 5.22. The summed E-state index contributed by atoms with van der Waals surface area (Å²) in [7, 11) is 0. The standard InChI is InChI=1S/C12H12N2O3/c1-8-13-14-11(17-8)6-9-3-2-4-10(5-9)7-12(15)16/h2-5H,6-7H2,1H3,(H,15,16). The number of carboxylic acids is 1. The number of carboxylic acid groups (broad SMARTS) is 1. The molecule has 1 heterocycles. The van der Waals surface area contributed by atoms with Gasteiger partial charge in [-0.1, -0.05) is 24.3 Å². The van der Waals surface area contributed by atoms with Crippen LogP contribution in [0, 0.1) is 6.92 Å². The highest BCUT2D eigenvalue weighted by molar-refractivity contribution is 5.70. The van der Waals surface area contributed by atoms with Gasteiger partial charge in [-0.3, -0.25) is 4.79 Å². The van der Waals surface area contributed by atoms with E-state index in [1.54, 1.807) is 13.0 Å². The normalized spacial score (nSPS) is 10.4. The van der Waals surface area contributed by atoms with Gasteiger partial charge in [-0.15, -0.1) is 10.2 Å². The Kier molecular flexibility index (Phi) is 3.18. The number of carbonyl (C=O) groups is 1. The molecule has 0 saturated carbocycles. The number of hydrogen-bond donors (Lipinski definition) is 1. The Hall–Kier alpha value is -2.17. The molecular weight excluding hydrogens is 220 g/mol. The smallest absolute Gasteiger partial charge is 0.307 e. The van der Waals surface area contributed by atoms with Crippen molar-refractivity contribution in [2.24, 2.45) is 0 Å². The van der Waals surface area contributed by atoms with E-state index in [2.05, 4.69) is 10.2 Å². The molecule has 1 aromatic carbocycles. The molecule has 0 amide bonds. The fourth-order valence-electron chi connectivity index (χ4n) is 1.61. The van der Waals surface area contributed by atoms with Gasteiger partial charge in [-0.25, -0.2) is 0 Å². The summed E-state index contributed by atoms with van der Waals surface area (Å²) in [6.07, 6.45) is 0.547. The summed E-state index contributed by atoms with van der Waals surface area (Å²) in [6.45, 7) is 1.73. The van der Waals surface area contributed by atoms with E-state index in [1.165, 1.54) is 0 Å². The maximum atomic E-state index is 10.6. The molecular formula is C12H12N2O3. The van der Waals surface area contributed by atoms with E-state index in [0.29, 0.717) is 18.2 Å². The maximum Gasteiger partial charge on any atom is 0.307 e. The molecule has 88 valence electrons. The van der Waals surface area contributed by atoms with Crippen LogP contribution in [0.4, 0.5) is 0 Å². The number of nitrogens with zero attached hydrogens (tertiary/aromatic N) is 2. The fourth-order valence-corrected chi connectivity index (χ4v) is 1.61. The predicted octanol–water partition coefficient (Wildman–Crippen LogP) is 1.60. The van der Waals surface area contributed by atoms with Crippen LogP contribution in [0.3, 0.4) is 0 Å². The highest BCUT2D eigenvalue weighted by Gasteiger charge is 2.06. The lowest BCUT2D eigenvalue weighted by Gasteiger charge is -2.00. The second-order valence-corrected chi connectivity index (χ2v) is 3.78. The molecule has 0 unspecified atom stereocenters. The monoisotopic (exact) mass is 232 g/mol. The van der Waals surface area contributed by atoms with Crippen molar-refractivity contribution in [2.75, 3.05) is 0 Å². The summed E-state index contributed by atoms with van der Waals surface area (Å²) in [5.74, 6) is 0.229. The lowest BCUT2D eigenvalue weighted by molar-refractivity contribution is -0.136. The van der Waals surface area contributed by atoms with Crippen molar-refractivity contribution in [3.8, 4) is 0 Å². The zero-order valence-electron chi connectivity index (χ0n) is 9.38. The van der Waals surface area contributed by atoms with E-state index in [9.17, 15) is 4.79 Å². The quantitative estimate of drug-likeness (QED) is 0.866. The molecule has 0 saturated heterocycles. The maximum absolute atomic E-state index is 10.6. The Balaban J connectivity index is 2.13. The van der Waals surface area contributed by atoms with Gasteiger partial charge in [0.1, 0.15) is 0 Å². The van der Waals surface area contributed by atoms with E-state index >= 15 is 0 Å². The fraction of sp³-hybridized carbons (Fsp3) is 0.250. The third-order valence-corrected chi connectivity index (χ3v) is 2.27. The molecule has 2 aromatic rings. The second kappa shape index (κ2) is 4.78. The highest BCUT2D eigenvalue weighted by atomic mass is 16.4. The van der Waals surface area contributed by atoms with E-state index in [4.69, 9.17) is 9.52 Å². The minimum Gasteiger partial charge on any atom is -0.481 e. The van der Waals surface area contributed by atoms with Crippen molar-refractivity contribution in [3.63, 3.8) is 0 Å². The number of benzene rings is 1. The highest BCUT2D eigenvalue weighted by Crippen LogP contribution is 2.11. The Morgan fingerprint density at radius 1 is 1.35 bits per heavy atom. The molecule has 0 aliphatic carbocycles. The van der Waals surface area contributed by atoms with Gasteiger partial charge in [-0.2, -0.15) is 0 Å². The largest absolute Gasteiger partial charge is 0.481 e. The van der Waals surface area contributed by atoms with Crippen LogP contribution in [0.5, 0.6) is 0 Å². The number of aryl methyl sites for hydroxylation is 1. The van der Waals surface area contributed by atoms with Gasteiger partial charge in [0, 0.05) is 6.92 Å². The van der Waals surface area contributed by atoms with Crippen LogP contribution in [0.1, 0.15) is 22.9 Å². The zero-order valence-corrected chi connectivity index (χ0v) is 9.38. The van der Waals surface area contributed by atoms with Gasteiger partial charge < -0.3 is 9.52 Å². The summed E-state index contributed by atoms with van der Waals surface area (Å²) in [5, 5.41) is 16.4. The summed E-state index contributed by atoms with van der Waals surface area (Å²) < 4.78 is 5.27. The number of aliphatic carboxylic acids is 1. The molecule has 0 bridgehead atoms. The molecule has 0 spiro atoms. The Morgan fingerprint density at radius 2 is 2.12 bits per heavy atom. The summed E-state index contributed by atoms with van der Waals surface area (Å²) in [4.78, 5) is 10.6. The van der Waals surface area contributed by atoms with Gasteiger partial charge in [0.15, 0.2) is 0 Å². The molecule has 0 aliphatic heterocycles. The summed E-state index contributed by atoms with van der Waals surface area (Å²) >= 11 is 0. The van der Waals surface area contributed by atoms with Crippen molar-refractivity contribution in [2.45, 2.75) is 19.8 Å². The first-order chi connectivity index (χ1) is 8.13. The van der Waals surface area contributed by atoms with Crippen molar-refractivity contribution in [1.82, 2.24) is 10.2 Å². The molecule has 1 N–H and O–H groups in total. The molecule has 0 atom stereocenters. The second-order valence-electron chi connectivity index (χ2n) is 3.78. The van der Waals surface area contributed by atoms with Crippen molar-refractivity contribution in [3.05, 3.63) is 47.2 Å².